The predicted molar refractivity (Wildman–Crippen MR) is 54.6 cm³/mol. The summed E-state index contributed by atoms with van der Waals surface area (Å²) < 4.78 is 42.8. The molecule has 0 radical (unpaired) electrons. The van der Waals surface area contributed by atoms with E-state index in [-0.39, 0.29) is 5.56 Å². The smallest absolute Gasteiger partial charge is 0.417 e. The summed E-state index contributed by atoms with van der Waals surface area (Å²) in [5.74, 6) is 0. The van der Waals surface area contributed by atoms with Crippen LogP contribution in [0.3, 0.4) is 0 Å². The molecule has 0 fully saturated rings. The summed E-state index contributed by atoms with van der Waals surface area (Å²) in [6, 6.07) is 1.02. The molecule has 0 aliphatic carbocycles. The van der Waals surface area contributed by atoms with E-state index < -0.39 is 11.7 Å². The number of hydrogen-bond acceptors (Lipinski definition) is 2. The molecule has 0 unspecified atom stereocenters. The van der Waals surface area contributed by atoms with E-state index in [4.69, 9.17) is 4.74 Å². The Morgan fingerprint density at radius 2 is 2.12 bits per heavy atom. The van der Waals surface area contributed by atoms with Crippen molar-refractivity contribution in [1.29, 1.82) is 0 Å². The number of hydrogen-bond donors (Lipinski definition) is 0. The van der Waals surface area contributed by atoms with Crippen LogP contribution in [0.5, 0.6) is 0 Å². The molecule has 0 aliphatic heterocycles. The van der Waals surface area contributed by atoms with Crippen molar-refractivity contribution in [3.05, 3.63) is 35.3 Å². The van der Waals surface area contributed by atoms with Crippen LogP contribution in [0, 0.1) is 6.92 Å². The number of alkyl halides is 3. The first-order chi connectivity index (χ1) is 7.45. The van der Waals surface area contributed by atoms with Crippen LogP contribution in [0.1, 0.15) is 23.7 Å². The molecule has 0 aliphatic rings. The second kappa shape index (κ2) is 5.01. The lowest BCUT2D eigenvalue weighted by atomic mass is 10.1. The van der Waals surface area contributed by atoms with Gasteiger partial charge in [0.2, 0.25) is 0 Å². The van der Waals surface area contributed by atoms with Crippen molar-refractivity contribution in [2.45, 2.75) is 20.0 Å². The van der Waals surface area contributed by atoms with Gasteiger partial charge in [0.15, 0.2) is 0 Å². The first kappa shape index (κ1) is 12.5. The summed E-state index contributed by atoms with van der Waals surface area (Å²) in [5.41, 5.74) is -0.358. The van der Waals surface area contributed by atoms with Crippen LogP contribution in [-0.4, -0.2) is 11.6 Å². The molecule has 1 heterocycles. The summed E-state index contributed by atoms with van der Waals surface area (Å²) in [7, 11) is 0. The van der Waals surface area contributed by atoms with E-state index in [0.717, 1.165) is 6.07 Å². The Morgan fingerprint density at radius 3 is 2.69 bits per heavy atom. The predicted octanol–water partition coefficient (Wildman–Crippen LogP) is 3.42. The van der Waals surface area contributed by atoms with E-state index in [9.17, 15) is 13.2 Å². The second-order valence-corrected chi connectivity index (χ2v) is 3.17. The molecule has 0 bridgehead atoms. The Bertz CT molecular complexity index is 385. The van der Waals surface area contributed by atoms with Crippen LogP contribution in [0.15, 0.2) is 18.5 Å². The molecule has 0 atom stereocenters. The fraction of sp³-hybridized carbons (Fsp3) is 0.364. The van der Waals surface area contributed by atoms with Crippen molar-refractivity contribution in [3.63, 3.8) is 0 Å². The zero-order valence-corrected chi connectivity index (χ0v) is 9.01. The number of halogens is 3. The van der Waals surface area contributed by atoms with Crippen LogP contribution in [0.25, 0.3) is 6.08 Å². The monoisotopic (exact) mass is 231 g/mol. The van der Waals surface area contributed by atoms with Crippen molar-refractivity contribution in [3.8, 4) is 0 Å². The highest BCUT2D eigenvalue weighted by Gasteiger charge is 2.33. The highest BCUT2D eigenvalue weighted by molar-refractivity contribution is 5.53. The summed E-state index contributed by atoms with van der Waals surface area (Å²) in [6.45, 7) is 3.69. The molecule has 1 rings (SSSR count). The minimum Gasteiger partial charge on any atom is -0.501 e. The molecule has 88 valence electrons. The normalized spacial score (nSPS) is 12.1. The van der Waals surface area contributed by atoms with Crippen LogP contribution in [0.4, 0.5) is 13.2 Å². The zero-order chi connectivity index (χ0) is 12.2. The first-order valence-corrected chi connectivity index (χ1v) is 4.77. The molecule has 0 spiro atoms. The molecule has 0 N–H and O–H groups in total. The van der Waals surface area contributed by atoms with Crippen LogP contribution < -0.4 is 0 Å². The minimum absolute atomic E-state index is 0.00606. The molecule has 2 nitrogen and oxygen atoms in total. The lowest BCUT2D eigenvalue weighted by Gasteiger charge is -2.10. The number of aromatic nitrogens is 1. The molecular weight excluding hydrogens is 219 g/mol. The Kier molecular flexibility index (Phi) is 3.93. The van der Waals surface area contributed by atoms with E-state index in [2.05, 4.69) is 4.98 Å². The highest BCUT2D eigenvalue weighted by Crippen LogP contribution is 2.32. The van der Waals surface area contributed by atoms with E-state index in [0.29, 0.717) is 12.3 Å². The third kappa shape index (κ3) is 3.25. The molecule has 16 heavy (non-hydrogen) atoms. The second-order valence-electron chi connectivity index (χ2n) is 3.17. The van der Waals surface area contributed by atoms with Gasteiger partial charge in [0.05, 0.1) is 18.4 Å². The quantitative estimate of drug-likeness (QED) is 0.743. The van der Waals surface area contributed by atoms with Gasteiger partial charge in [0, 0.05) is 17.5 Å². The Hall–Kier alpha value is -1.52. The minimum atomic E-state index is -4.38. The van der Waals surface area contributed by atoms with Crippen molar-refractivity contribution in [2.75, 3.05) is 6.61 Å². The largest absolute Gasteiger partial charge is 0.501 e. The Morgan fingerprint density at radius 1 is 1.44 bits per heavy atom. The molecule has 0 saturated heterocycles. The number of aryl methyl sites for hydroxylation is 1. The maximum absolute atomic E-state index is 12.6. The van der Waals surface area contributed by atoms with Gasteiger partial charge in [-0.15, -0.1) is 0 Å². The molecule has 5 heteroatoms. The molecule has 0 amide bonds. The lowest BCUT2D eigenvalue weighted by molar-refractivity contribution is -0.137. The van der Waals surface area contributed by atoms with E-state index in [1.165, 1.54) is 25.5 Å². The van der Waals surface area contributed by atoms with Gasteiger partial charge in [-0.1, -0.05) is 0 Å². The third-order valence-electron chi connectivity index (χ3n) is 1.89. The zero-order valence-electron chi connectivity index (χ0n) is 9.01. The van der Waals surface area contributed by atoms with Gasteiger partial charge in [0.1, 0.15) is 0 Å². The average molecular weight is 231 g/mol. The fourth-order valence-electron chi connectivity index (χ4n) is 1.17. The van der Waals surface area contributed by atoms with Gasteiger partial charge in [0.25, 0.3) is 0 Å². The first-order valence-electron chi connectivity index (χ1n) is 4.77. The van der Waals surface area contributed by atoms with Crippen molar-refractivity contribution in [1.82, 2.24) is 4.98 Å². The molecule has 1 aromatic rings. The highest BCUT2D eigenvalue weighted by atomic mass is 19.4. The fourth-order valence-corrected chi connectivity index (χ4v) is 1.17. The molecule has 1 aromatic heterocycles. The molecule has 0 aromatic carbocycles. The Labute approximate surface area is 91.8 Å². The molecular formula is C11H12F3NO. The topological polar surface area (TPSA) is 22.1 Å². The number of pyridine rings is 1. The Balaban J connectivity index is 3.08. The van der Waals surface area contributed by atoms with Crippen molar-refractivity contribution >= 4 is 6.08 Å². The van der Waals surface area contributed by atoms with Crippen LogP contribution in [-0.2, 0) is 10.9 Å². The third-order valence-corrected chi connectivity index (χ3v) is 1.89. The van der Waals surface area contributed by atoms with Gasteiger partial charge >= 0.3 is 6.18 Å². The van der Waals surface area contributed by atoms with E-state index in [1.807, 2.05) is 0 Å². The average Bonchev–Trinajstić information content (AvgIpc) is 2.19. The van der Waals surface area contributed by atoms with Gasteiger partial charge in [-0.3, -0.25) is 4.98 Å². The maximum Gasteiger partial charge on any atom is 0.417 e. The summed E-state index contributed by atoms with van der Waals surface area (Å²) in [6.07, 6.45) is -0.687. The van der Waals surface area contributed by atoms with Gasteiger partial charge in [-0.2, -0.15) is 13.2 Å². The lowest BCUT2D eigenvalue weighted by Crippen LogP contribution is -2.08. The van der Waals surface area contributed by atoms with Crippen LogP contribution in [0.2, 0.25) is 0 Å². The maximum atomic E-state index is 12.6. The van der Waals surface area contributed by atoms with Crippen molar-refractivity contribution < 1.29 is 17.9 Å². The van der Waals surface area contributed by atoms with E-state index in [1.54, 1.807) is 6.92 Å². The van der Waals surface area contributed by atoms with Gasteiger partial charge in [-0.25, -0.2) is 0 Å². The van der Waals surface area contributed by atoms with Gasteiger partial charge < -0.3 is 4.74 Å². The summed E-state index contributed by atoms with van der Waals surface area (Å²) >= 11 is 0. The number of rotatable bonds is 3. The van der Waals surface area contributed by atoms with Crippen molar-refractivity contribution in [2.24, 2.45) is 0 Å². The van der Waals surface area contributed by atoms with E-state index >= 15 is 0 Å². The number of nitrogens with zero attached hydrogens (tertiary/aromatic N) is 1. The molecule has 0 saturated carbocycles. The summed E-state index contributed by atoms with van der Waals surface area (Å²) in [4.78, 5) is 3.83. The SMILES string of the molecule is CCO/C=C\c1cnc(C)cc1C(F)(F)F. The standard InChI is InChI=1S/C11H12F3NO/c1-3-16-5-4-9-7-15-8(2)6-10(9)11(12,13)14/h4-7H,3H2,1-2H3/b5-4-. The number of ether oxygens (including phenoxy) is 1. The van der Waals surface area contributed by atoms with Crippen LogP contribution >= 0.6 is 0 Å². The summed E-state index contributed by atoms with van der Waals surface area (Å²) in [5, 5.41) is 0. The van der Waals surface area contributed by atoms with Gasteiger partial charge in [-0.05, 0) is 26.0 Å².